The van der Waals surface area contributed by atoms with Crippen molar-refractivity contribution in [1.82, 2.24) is 5.32 Å². The predicted octanol–water partition coefficient (Wildman–Crippen LogP) is 4.52. The Hall–Kier alpha value is -0.760. The van der Waals surface area contributed by atoms with E-state index in [9.17, 15) is 0 Å². The monoisotopic (exact) mass is 249 g/mol. The molecule has 2 nitrogen and oxygen atoms in total. The van der Waals surface area contributed by atoms with Gasteiger partial charge in [-0.15, -0.1) is 0 Å². The number of hydrogen-bond donors (Lipinski definition) is 1. The molecule has 1 unspecified atom stereocenters. The van der Waals surface area contributed by atoms with Crippen LogP contribution in [0.4, 0.5) is 0 Å². The van der Waals surface area contributed by atoms with Crippen molar-refractivity contribution < 1.29 is 4.42 Å². The van der Waals surface area contributed by atoms with Crippen LogP contribution in [0.15, 0.2) is 10.5 Å². The minimum atomic E-state index is 0.408. The van der Waals surface area contributed by atoms with Crippen molar-refractivity contribution in [1.29, 1.82) is 0 Å². The fourth-order valence-corrected chi connectivity index (χ4v) is 3.17. The van der Waals surface area contributed by atoms with Gasteiger partial charge in [0.2, 0.25) is 0 Å². The van der Waals surface area contributed by atoms with Crippen molar-refractivity contribution in [2.45, 2.75) is 65.3 Å². The minimum Gasteiger partial charge on any atom is -0.466 e. The average Bonchev–Trinajstić information content (AvgIpc) is 2.70. The van der Waals surface area contributed by atoms with Gasteiger partial charge >= 0.3 is 0 Å². The third-order valence-electron chi connectivity index (χ3n) is 4.27. The van der Waals surface area contributed by atoms with Crippen LogP contribution in [0.25, 0.3) is 0 Å². The SMILES string of the molecule is Cc1cc(C(C)NCCC2CCCCC2)c(C)o1. The van der Waals surface area contributed by atoms with Crippen molar-refractivity contribution in [2.24, 2.45) is 5.92 Å². The van der Waals surface area contributed by atoms with Crippen molar-refractivity contribution >= 4 is 0 Å². The molecule has 0 aromatic carbocycles. The summed E-state index contributed by atoms with van der Waals surface area (Å²) in [5.41, 5.74) is 1.32. The Morgan fingerprint density at radius 1 is 1.28 bits per heavy atom. The normalized spacial score (nSPS) is 19.1. The van der Waals surface area contributed by atoms with Gasteiger partial charge in [-0.3, -0.25) is 0 Å². The lowest BCUT2D eigenvalue weighted by atomic mass is 9.87. The minimum absolute atomic E-state index is 0.408. The second-order valence-corrected chi connectivity index (χ2v) is 5.84. The van der Waals surface area contributed by atoms with Crippen LogP contribution < -0.4 is 5.32 Å². The molecule has 102 valence electrons. The standard InChI is InChI=1S/C16H27NO/c1-12-11-16(14(3)18-12)13(2)17-10-9-15-7-5-4-6-8-15/h11,13,15,17H,4-10H2,1-3H3. The largest absolute Gasteiger partial charge is 0.466 e. The molecule has 1 N–H and O–H groups in total. The summed E-state index contributed by atoms with van der Waals surface area (Å²) in [4.78, 5) is 0. The van der Waals surface area contributed by atoms with Crippen LogP contribution in [0.2, 0.25) is 0 Å². The van der Waals surface area contributed by atoms with E-state index in [0.29, 0.717) is 6.04 Å². The zero-order valence-corrected chi connectivity index (χ0v) is 12.1. The van der Waals surface area contributed by atoms with Gasteiger partial charge in [0.1, 0.15) is 11.5 Å². The maximum Gasteiger partial charge on any atom is 0.105 e. The number of nitrogens with one attached hydrogen (secondary N) is 1. The Morgan fingerprint density at radius 2 is 2.00 bits per heavy atom. The van der Waals surface area contributed by atoms with Crippen molar-refractivity contribution in [3.05, 3.63) is 23.2 Å². The Labute approximate surface area is 111 Å². The summed E-state index contributed by atoms with van der Waals surface area (Å²) < 4.78 is 5.59. The van der Waals surface area contributed by atoms with Crippen LogP contribution in [0.1, 0.15) is 68.6 Å². The molecule has 1 fully saturated rings. The quantitative estimate of drug-likeness (QED) is 0.830. The van der Waals surface area contributed by atoms with E-state index in [2.05, 4.69) is 25.2 Å². The van der Waals surface area contributed by atoms with Crippen molar-refractivity contribution in [3.8, 4) is 0 Å². The molecule has 18 heavy (non-hydrogen) atoms. The zero-order valence-electron chi connectivity index (χ0n) is 12.1. The van der Waals surface area contributed by atoms with Crippen LogP contribution in [0.5, 0.6) is 0 Å². The molecule has 0 bridgehead atoms. The third-order valence-corrected chi connectivity index (χ3v) is 4.27. The molecule has 1 aromatic rings. The zero-order chi connectivity index (χ0) is 13.0. The Balaban J connectivity index is 1.74. The second kappa shape index (κ2) is 6.42. The predicted molar refractivity (Wildman–Crippen MR) is 75.8 cm³/mol. The lowest BCUT2D eigenvalue weighted by molar-refractivity contribution is 0.329. The molecular weight excluding hydrogens is 222 g/mol. The van der Waals surface area contributed by atoms with Crippen LogP contribution >= 0.6 is 0 Å². The summed E-state index contributed by atoms with van der Waals surface area (Å²) in [7, 11) is 0. The molecule has 1 saturated carbocycles. The summed E-state index contributed by atoms with van der Waals surface area (Å²) in [6.45, 7) is 7.45. The molecule has 0 aliphatic heterocycles. The summed E-state index contributed by atoms with van der Waals surface area (Å²) in [5, 5.41) is 3.64. The van der Waals surface area contributed by atoms with Crippen molar-refractivity contribution in [2.75, 3.05) is 6.54 Å². The van der Waals surface area contributed by atoms with E-state index in [1.54, 1.807) is 0 Å². The number of furan rings is 1. The molecule has 2 rings (SSSR count). The molecule has 0 spiro atoms. The van der Waals surface area contributed by atoms with E-state index in [0.717, 1.165) is 24.0 Å². The van der Waals surface area contributed by atoms with E-state index in [4.69, 9.17) is 4.42 Å². The van der Waals surface area contributed by atoms with Gasteiger partial charge in [-0.2, -0.15) is 0 Å². The lowest BCUT2D eigenvalue weighted by Gasteiger charge is -2.22. The Morgan fingerprint density at radius 3 is 2.61 bits per heavy atom. The molecule has 1 atom stereocenters. The molecule has 1 aromatic heterocycles. The number of aryl methyl sites for hydroxylation is 2. The molecule has 2 heteroatoms. The van der Waals surface area contributed by atoms with Gasteiger partial charge < -0.3 is 9.73 Å². The highest BCUT2D eigenvalue weighted by molar-refractivity contribution is 5.23. The van der Waals surface area contributed by atoms with E-state index in [1.165, 1.54) is 44.1 Å². The highest BCUT2D eigenvalue weighted by atomic mass is 16.3. The summed E-state index contributed by atoms with van der Waals surface area (Å²) >= 11 is 0. The highest BCUT2D eigenvalue weighted by Gasteiger charge is 2.15. The van der Waals surface area contributed by atoms with Gasteiger partial charge in [0.05, 0.1) is 0 Å². The summed E-state index contributed by atoms with van der Waals surface area (Å²) in [6, 6.07) is 2.57. The van der Waals surface area contributed by atoms with E-state index < -0.39 is 0 Å². The van der Waals surface area contributed by atoms with Crippen LogP contribution in [-0.2, 0) is 0 Å². The Kier molecular flexibility index (Phi) is 4.87. The lowest BCUT2D eigenvalue weighted by Crippen LogP contribution is -2.22. The average molecular weight is 249 g/mol. The molecule has 0 radical (unpaired) electrons. The van der Waals surface area contributed by atoms with E-state index >= 15 is 0 Å². The maximum absolute atomic E-state index is 5.59. The Bertz CT molecular complexity index is 363. The first kappa shape index (κ1) is 13.7. The molecule has 0 amide bonds. The van der Waals surface area contributed by atoms with Gasteiger partial charge in [-0.05, 0) is 45.7 Å². The maximum atomic E-state index is 5.59. The first-order valence-corrected chi connectivity index (χ1v) is 7.47. The molecular formula is C16H27NO. The van der Waals surface area contributed by atoms with Gasteiger partial charge in [-0.1, -0.05) is 32.1 Å². The third kappa shape index (κ3) is 3.61. The van der Waals surface area contributed by atoms with E-state index in [-0.39, 0.29) is 0 Å². The topological polar surface area (TPSA) is 25.2 Å². The number of hydrogen-bond acceptors (Lipinski definition) is 2. The summed E-state index contributed by atoms with van der Waals surface area (Å²) in [6.07, 6.45) is 8.56. The van der Waals surface area contributed by atoms with Gasteiger partial charge in [0.15, 0.2) is 0 Å². The molecule has 0 saturated heterocycles. The van der Waals surface area contributed by atoms with Crippen LogP contribution in [0.3, 0.4) is 0 Å². The first-order valence-electron chi connectivity index (χ1n) is 7.47. The molecule has 1 aliphatic rings. The van der Waals surface area contributed by atoms with Crippen LogP contribution in [-0.4, -0.2) is 6.54 Å². The molecule has 1 aliphatic carbocycles. The fraction of sp³-hybridized carbons (Fsp3) is 0.750. The fourth-order valence-electron chi connectivity index (χ4n) is 3.17. The van der Waals surface area contributed by atoms with Crippen molar-refractivity contribution in [3.63, 3.8) is 0 Å². The first-order chi connectivity index (χ1) is 8.66. The summed E-state index contributed by atoms with van der Waals surface area (Å²) in [5.74, 6) is 3.04. The second-order valence-electron chi connectivity index (χ2n) is 5.84. The van der Waals surface area contributed by atoms with Gasteiger partial charge in [-0.25, -0.2) is 0 Å². The van der Waals surface area contributed by atoms with Gasteiger partial charge in [0.25, 0.3) is 0 Å². The van der Waals surface area contributed by atoms with Crippen LogP contribution in [0, 0.1) is 19.8 Å². The highest BCUT2D eigenvalue weighted by Crippen LogP contribution is 2.26. The molecule has 1 heterocycles. The smallest absolute Gasteiger partial charge is 0.105 e. The van der Waals surface area contributed by atoms with E-state index in [1.807, 2.05) is 6.92 Å². The van der Waals surface area contributed by atoms with Gasteiger partial charge in [0, 0.05) is 11.6 Å². The number of rotatable bonds is 5.